The van der Waals surface area contributed by atoms with Crippen molar-refractivity contribution in [3.8, 4) is 22.6 Å². The number of aromatic nitrogens is 4. The van der Waals surface area contributed by atoms with Gasteiger partial charge in [0, 0.05) is 36.3 Å². The number of nitrogens with zero attached hydrogens (tertiary/aromatic N) is 4. The summed E-state index contributed by atoms with van der Waals surface area (Å²) in [6.45, 7) is 3.76. The molecule has 168 valence electrons. The van der Waals surface area contributed by atoms with Crippen molar-refractivity contribution in [1.82, 2.24) is 19.7 Å². The fourth-order valence-corrected chi connectivity index (χ4v) is 3.39. The maximum absolute atomic E-state index is 13.9. The molecular weight excluding hydrogens is 432 g/mol. The number of amides is 1. The van der Waals surface area contributed by atoms with E-state index in [0.29, 0.717) is 12.0 Å². The zero-order valence-corrected chi connectivity index (χ0v) is 18.0. The van der Waals surface area contributed by atoms with E-state index in [1.165, 1.54) is 19.3 Å². The van der Waals surface area contributed by atoms with E-state index >= 15 is 0 Å². The third-order valence-electron chi connectivity index (χ3n) is 5.07. The Hall–Kier alpha value is -4.21. The van der Waals surface area contributed by atoms with Crippen LogP contribution in [0.3, 0.4) is 0 Å². The number of aryl methyl sites for hydroxylation is 3. The third kappa shape index (κ3) is 4.27. The van der Waals surface area contributed by atoms with Gasteiger partial charge in [-0.2, -0.15) is 4.68 Å². The van der Waals surface area contributed by atoms with Gasteiger partial charge < -0.3 is 9.73 Å². The van der Waals surface area contributed by atoms with E-state index in [0.717, 1.165) is 39.2 Å². The summed E-state index contributed by atoms with van der Waals surface area (Å²) in [6.07, 6.45) is 3.75. The molecule has 0 saturated heterocycles. The maximum atomic E-state index is 13.9. The molecule has 33 heavy (non-hydrogen) atoms. The number of pyridine rings is 2. The smallest absolute Gasteiger partial charge is 0.388 e. The summed E-state index contributed by atoms with van der Waals surface area (Å²) in [6, 6.07) is 6.60. The zero-order chi connectivity index (χ0) is 23.7. The monoisotopic (exact) mass is 451 g/mol. The molecule has 0 fully saturated rings. The molecule has 0 unspecified atom stereocenters. The van der Waals surface area contributed by atoms with Gasteiger partial charge in [-0.05, 0) is 43.2 Å². The van der Waals surface area contributed by atoms with Crippen molar-refractivity contribution in [2.75, 3.05) is 5.32 Å². The molecule has 0 bridgehead atoms. The molecule has 8 nitrogen and oxygen atoms in total. The highest BCUT2D eigenvalue weighted by molar-refractivity contribution is 6.04. The molecule has 1 N–H and O–H groups in total. The number of carbonyl (C=O) groups is 1. The van der Waals surface area contributed by atoms with E-state index in [1.807, 2.05) is 13.8 Å². The van der Waals surface area contributed by atoms with Gasteiger partial charge in [-0.3, -0.25) is 9.78 Å². The fourth-order valence-electron chi connectivity index (χ4n) is 3.39. The van der Waals surface area contributed by atoms with Crippen LogP contribution in [-0.2, 0) is 13.5 Å². The summed E-state index contributed by atoms with van der Waals surface area (Å²) in [5.41, 5.74) is 2.85. The van der Waals surface area contributed by atoms with Crippen LogP contribution in [-0.4, -0.2) is 25.7 Å². The van der Waals surface area contributed by atoms with Crippen molar-refractivity contribution in [2.45, 2.75) is 20.3 Å². The topological polar surface area (TPSA) is 103 Å². The van der Waals surface area contributed by atoms with E-state index in [9.17, 15) is 18.4 Å². The van der Waals surface area contributed by atoms with Crippen molar-refractivity contribution < 1.29 is 18.0 Å². The van der Waals surface area contributed by atoms with Gasteiger partial charge in [0.1, 0.15) is 23.0 Å². The van der Waals surface area contributed by atoms with Crippen molar-refractivity contribution in [1.29, 1.82) is 0 Å². The van der Waals surface area contributed by atoms with Crippen LogP contribution in [0.4, 0.5) is 14.6 Å². The Morgan fingerprint density at radius 1 is 1.12 bits per heavy atom. The first-order chi connectivity index (χ1) is 15.8. The van der Waals surface area contributed by atoms with Gasteiger partial charge in [0.2, 0.25) is 0 Å². The van der Waals surface area contributed by atoms with Crippen molar-refractivity contribution in [3.05, 3.63) is 81.7 Å². The van der Waals surface area contributed by atoms with Gasteiger partial charge in [0.25, 0.3) is 11.8 Å². The quantitative estimate of drug-likeness (QED) is 0.494. The Morgan fingerprint density at radius 2 is 1.85 bits per heavy atom. The normalized spacial score (nSPS) is 10.9. The first kappa shape index (κ1) is 22.0. The van der Waals surface area contributed by atoms with E-state index in [4.69, 9.17) is 4.42 Å². The molecule has 3 aromatic heterocycles. The van der Waals surface area contributed by atoms with Gasteiger partial charge in [-0.25, -0.2) is 18.6 Å². The largest absolute Gasteiger partial charge is 0.437 e. The summed E-state index contributed by atoms with van der Waals surface area (Å²) >= 11 is 0. The molecular formula is C23H19F2N5O3. The second-order valence-corrected chi connectivity index (χ2v) is 7.30. The number of halogens is 2. The van der Waals surface area contributed by atoms with E-state index in [2.05, 4.69) is 20.4 Å². The standard InChI is InChI=1S/C23H19F2N5O3/c1-4-18-14(9-13(10-26-18)22-29-30(3)23(32)33-22)15-11-27-19(8-12(15)2)28-21(31)20-16(24)6-5-7-17(20)25/h5-11H,4H2,1-3H3,(H,27,28,31). The number of hydrogen-bond acceptors (Lipinski definition) is 6. The lowest BCUT2D eigenvalue weighted by atomic mass is 9.98. The summed E-state index contributed by atoms with van der Waals surface area (Å²) in [5.74, 6) is -3.17. The van der Waals surface area contributed by atoms with Crippen molar-refractivity contribution >= 4 is 11.7 Å². The van der Waals surface area contributed by atoms with Gasteiger partial charge in [0.15, 0.2) is 0 Å². The molecule has 3 heterocycles. The summed E-state index contributed by atoms with van der Waals surface area (Å²) in [4.78, 5) is 32.7. The van der Waals surface area contributed by atoms with Gasteiger partial charge >= 0.3 is 5.76 Å². The molecule has 0 saturated carbocycles. The minimum atomic E-state index is -0.961. The SMILES string of the molecule is CCc1ncc(-c2nn(C)c(=O)o2)cc1-c1cnc(NC(=O)c2c(F)cccc2F)cc1C. The van der Waals surface area contributed by atoms with Gasteiger partial charge in [-0.1, -0.05) is 13.0 Å². The number of rotatable bonds is 5. The molecule has 0 radical (unpaired) electrons. The number of anilines is 1. The number of benzene rings is 1. The molecule has 0 aliphatic rings. The van der Waals surface area contributed by atoms with Crippen LogP contribution in [0, 0.1) is 18.6 Å². The van der Waals surface area contributed by atoms with E-state index in [-0.39, 0.29) is 11.7 Å². The van der Waals surface area contributed by atoms with Crippen molar-refractivity contribution in [3.63, 3.8) is 0 Å². The average Bonchev–Trinajstić information content (AvgIpc) is 3.11. The predicted molar refractivity (Wildman–Crippen MR) is 117 cm³/mol. The van der Waals surface area contributed by atoms with Crippen LogP contribution in [0.5, 0.6) is 0 Å². The second-order valence-electron chi connectivity index (χ2n) is 7.30. The Labute approximate surface area is 186 Å². The minimum absolute atomic E-state index is 0.139. The first-order valence-electron chi connectivity index (χ1n) is 10.0. The average molecular weight is 451 g/mol. The number of hydrogen-bond donors (Lipinski definition) is 1. The Balaban J connectivity index is 1.68. The molecule has 0 atom stereocenters. The van der Waals surface area contributed by atoms with Crippen LogP contribution in [0.15, 0.2) is 51.9 Å². The highest BCUT2D eigenvalue weighted by Crippen LogP contribution is 2.30. The van der Waals surface area contributed by atoms with Gasteiger partial charge in [-0.15, -0.1) is 5.10 Å². The second kappa shape index (κ2) is 8.73. The molecule has 1 amide bonds. The minimum Gasteiger partial charge on any atom is -0.388 e. The van der Waals surface area contributed by atoms with Crippen LogP contribution in [0.1, 0.15) is 28.5 Å². The van der Waals surface area contributed by atoms with Crippen LogP contribution in [0.25, 0.3) is 22.6 Å². The summed E-state index contributed by atoms with van der Waals surface area (Å²) in [5, 5.41) is 6.48. The fraction of sp³-hybridized carbons (Fsp3) is 0.174. The highest BCUT2D eigenvalue weighted by Gasteiger charge is 2.19. The maximum Gasteiger partial charge on any atom is 0.437 e. The number of carbonyl (C=O) groups excluding carboxylic acids is 1. The van der Waals surface area contributed by atoms with Crippen molar-refractivity contribution in [2.24, 2.45) is 7.05 Å². The lowest BCUT2D eigenvalue weighted by Crippen LogP contribution is -2.16. The van der Waals surface area contributed by atoms with Crippen LogP contribution in [0.2, 0.25) is 0 Å². The Bertz CT molecular complexity index is 1410. The molecule has 0 aliphatic carbocycles. The van der Waals surface area contributed by atoms with E-state index in [1.54, 1.807) is 18.3 Å². The summed E-state index contributed by atoms with van der Waals surface area (Å²) < 4.78 is 34.0. The molecule has 4 rings (SSSR count). The number of nitrogens with one attached hydrogen (secondary N) is 1. The lowest BCUT2D eigenvalue weighted by Gasteiger charge is -2.13. The lowest BCUT2D eigenvalue weighted by molar-refractivity contribution is 0.101. The summed E-state index contributed by atoms with van der Waals surface area (Å²) in [7, 11) is 1.48. The molecule has 0 aliphatic heterocycles. The first-order valence-corrected chi connectivity index (χ1v) is 10.0. The van der Waals surface area contributed by atoms with E-state index < -0.39 is 28.9 Å². The molecule has 1 aromatic carbocycles. The Morgan fingerprint density at radius 3 is 2.45 bits per heavy atom. The molecule has 10 heteroatoms. The molecule has 0 spiro atoms. The van der Waals surface area contributed by atoms with Gasteiger partial charge in [0.05, 0.1) is 5.56 Å². The Kier molecular flexibility index (Phi) is 5.82. The van der Waals surface area contributed by atoms with Crippen LogP contribution >= 0.6 is 0 Å². The van der Waals surface area contributed by atoms with Crippen LogP contribution < -0.4 is 11.1 Å². The highest BCUT2D eigenvalue weighted by atomic mass is 19.1. The molecule has 4 aromatic rings. The zero-order valence-electron chi connectivity index (χ0n) is 18.0. The predicted octanol–water partition coefficient (Wildman–Crippen LogP) is 3.90. The third-order valence-corrected chi connectivity index (χ3v) is 5.07.